The van der Waals surface area contributed by atoms with Crippen LogP contribution in [0, 0.1) is 0 Å². The van der Waals surface area contributed by atoms with Gasteiger partial charge in [-0.1, -0.05) is 6.92 Å². The van der Waals surface area contributed by atoms with Crippen LogP contribution in [0.1, 0.15) is 24.9 Å². The Morgan fingerprint density at radius 1 is 1.67 bits per heavy atom. The number of nitrogens with two attached hydrogens (primary N) is 1. The molecule has 0 saturated heterocycles. The maximum Gasteiger partial charge on any atom is 0.0659 e. The van der Waals surface area contributed by atoms with Crippen molar-refractivity contribution in [1.82, 2.24) is 0 Å². The van der Waals surface area contributed by atoms with Crippen LogP contribution < -0.4 is 5.73 Å². The highest BCUT2D eigenvalue weighted by Crippen LogP contribution is 2.13. The minimum atomic E-state index is 0.0443. The number of ether oxygens (including phenoxy) is 1. The Morgan fingerprint density at radius 3 is 3.08 bits per heavy atom. The number of rotatable bonds is 5. The molecule has 1 aromatic rings. The summed E-state index contributed by atoms with van der Waals surface area (Å²) in [4.78, 5) is 0. The highest BCUT2D eigenvalue weighted by molar-refractivity contribution is 7.07. The van der Waals surface area contributed by atoms with Gasteiger partial charge in [-0.25, -0.2) is 0 Å². The molecule has 0 bridgehead atoms. The highest BCUT2D eigenvalue weighted by Gasteiger charge is 2.04. The average Bonchev–Trinajstić information content (AvgIpc) is 2.56. The second-order valence-electron chi connectivity index (χ2n) is 2.74. The quantitative estimate of drug-likeness (QED) is 0.714. The first-order valence-electron chi connectivity index (χ1n) is 4.20. The molecule has 12 heavy (non-hydrogen) atoms. The Kier molecular flexibility index (Phi) is 4.29. The Morgan fingerprint density at radius 2 is 2.50 bits per heavy atom. The number of hydrogen-bond donors (Lipinski definition) is 1. The van der Waals surface area contributed by atoms with Crippen molar-refractivity contribution in [3.8, 4) is 0 Å². The molecule has 1 unspecified atom stereocenters. The van der Waals surface area contributed by atoms with Crippen molar-refractivity contribution in [3.05, 3.63) is 22.4 Å². The lowest BCUT2D eigenvalue weighted by Gasteiger charge is -2.09. The summed E-state index contributed by atoms with van der Waals surface area (Å²) in [7, 11) is 0. The molecule has 68 valence electrons. The SMILES string of the molecule is CCCOCC(N)c1ccsc1. The molecule has 1 atom stereocenters. The predicted molar refractivity (Wildman–Crippen MR) is 52.4 cm³/mol. The number of thiophene rings is 1. The van der Waals surface area contributed by atoms with Gasteiger partial charge in [-0.3, -0.25) is 0 Å². The van der Waals surface area contributed by atoms with Crippen LogP contribution >= 0.6 is 11.3 Å². The van der Waals surface area contributed by atoms with Crippen LogP contribution in [0.25, 0.3) is 0 Å². The molecular weight excluding hydrogens is 170 g/mol. The normalized spacial score (nSPS) is 13.2. The van der Waals surface area contributed by atoms with Crippen molar-refractivity contribution in [2.24, 2.45) is 5.73 Å². The van der Waals surface area contributed by atoms with E-state index in [1.165, 1.54) is 5.56 Å². The van der Waals surface area contributed by atoms with Crippen LogP contribution in [0.15, 0.2) is 16.8 Å². The zero-order valence-corrected chi connectivity index (χ0v) is 8.14. The summed E-state index contributed by atoms with van der Waals surface area (Å²) >= 11 is 1.67. The Bertz CT molecular complexity index is 198. The van der Waals surface area contributed by atoms with E-state index in [9.17, 15) is 0 Å². The Labute approximate surface area is 77.3 Å². The molecule has 1 heterocycles. The van der Waals surface area contributed by atoms with Crippen molar-refractivity contribution in [1.29, 1.82) is 0 Å². The van der Waals surface area contributed by atoms with Crippen LogP contribution in [0.2, 0.25) is 0 Å². The topological polar surface area (TPSA) is 35.2 Å². The Balaban J connectivity index is 2.25. The Hall–Kier alpha value is -0.380. The van der Waals surface area contributed by atoms with Crippen molar-refractivity contribution in [2.45, 2.75) is 19.4 Å². The molecule has 0 aliphatic rings. The summed E-state index contributed by atoms with van der Waals surface area (Å²) in [6, 6.07) is 2.09. The summed E-state index contributed by atoms with van der Waals surface area (Å²) < 4.78 is 5.35. The lowest BCUT2D eigenvalue weighted by atomic mass is 10.2. The molecule has 1 rings (SSSR count). The van der Waals surface area contributed by atoms with E-state index < -0.39 is 0 Å². The van der Waals surface area contributed by atoms with Gasteiger partial charge in [-0.05, 0) is 28.8 Å². The van der Waals surface area contributed by atoms with E-state index in [1.807, 2.05) is 11.4 Å². The third-order valence-corrected chi connectivity index (χ3v) is 2.32. The summed E-state index contributed by atoms with van der Waals surface area (Å²) in [5.41, 5.74) is 7.04. The molecule has 0 aromatic carbocycles. The fraction of sp³-hybridized carbons (Fsp3) is 0.556. The minimum absolute atomic E-state index is 0.0443. The van der Waals surface area contributed by atoms with Crippen LogP contribution in [-0.2, 0) is 4.74 Å². The van der Waals surface area contributed by atoms with Gasteiger partial charge in [-0.2, -0.15) is 11.3 Å². The molecule has 0 amide bonds. The molecule has 0 spiro atoms. The van der Waals surface area contributed by atoms with E-state index >= 15 is 0 Å². The van der Waals surface area contributed by atoms with Gasteiger partial charge in [0.1, 0.15) is 0 Å². The van der Waals surface area contributed by atoms with Crippen molar-refractivity contribution in [3.63, 3.8) is 0 Å². The molecule has 0 aliphatic heterocycles. The lowest BCUT2D eigenvalue weighted by molar-refractivity contribution is 0.121. The van der Waals surface area contributed by atoms with Crippen LogP contribution in [-0.4, -0.2) is 13.2 Å². The summed E-state index contributed by atoms with van der Waals surface area (Å²) in [6.07, 6.45) is 1.05. The van der Waals surface area contributed by atoms with Gasteiger partial charge in [0, 0.05) is 6.61 Å². The summed E-state index contributed by atoms with van der Waals surface area (Å²) in [5, 5.41) is 4.11. The van der Waals surface area contributed by atoms with Gasteiger partial charge < -0.3 is 10.5 Å². The minimum Gasteiger partial charge on any atom is -0.379 e. The molecule has 0 radical (unpaired) electrons. The van der Waals surface area contributed by atoms with Crippen LogP contribution in [0.3, 0.4) is 0 Å². The maximum atomic E-state index is 5.86. The molecule has 0 aliphatic carbocycles. The fourth-order valence-corrected chi connectivity index (χ4v) is 1.66. The second-order valence-corrected chi connectivity index (χ2v) is 3.52. The third-order valence-electron chi connectivity index (χ3n) is 1.62. The zero-order chi connectivity index (χ0) is 8.81. The van der Waals surface area contributed by atoms with E-state index in [2.05, 4.69) is 12.3 Å². The van der Waals surface area contributed by atoms with Gasteiger partial charge in [0.05, 0.1) is 12.6 Å². The molecule has 2 N–H and O–H groups in total. The molecule has 2 nitrogen and oxygen atoms in total. The van der Waals surface area contributed by atoms with Crippen molar-refractivity contribution in [2.75, 3.05) is 13.2 Å². The first kappa shape index (κ1) is 9.71. The van der Waals surface area contributed by atoms with E-state index in [1.54, 1.807) is 11.3 Å². The number of hydrogen-bond acceptors (Lipinski definition) is 3. The van der Waals surface area contributed by atoms with E-state index in [-0.39, 0.29) is 6.04 Å². The molecule has 0 saturated carbocycles. The molecule has 3 heteroatoms. The van der Waals surface area contributed by atoms with E-state index in [0.29, 0.717) is 6.61 Å². The lowest BCUT2D eigenvalue weighted by Crippen LogP contribution is -2.16. The second kappa shape index (κ2) is 5.30. The van der Waals surface area contributed by atoms with Gasteiger partial charge >= 0.3 is 0 Å². The third kappa shape index (κ3) is 2.93. The average molecular weight is 185 g/mol. The largest absolute Gasteiger partial charge is 0.379 e. The van der Waals surface area contributed by atoms with Gasteiger partial charge in [0.15, 0.2) is 0 Å². The molecule has 1 aromatic heterocycles. The van der Waals surface area contributed by atoms with Gasteiger partial charge in [-0.15, -0.1) is 0 Å². The predicted octanol–water partition coefficient (Wildman–Crippen LogP) is 2.17. The van der Waals surface area contributed by atoms with Crippen molar-refractivity contribution < 1.29 is 4.74 Å². The van der Waals surface area contributed by atoms with Crippen molar-refractivity contribution >= 4 is 11.3 Å². The standard InChI is InChI=1S/C9H15NOS/c1-2-4-11-6-9(10)8-3-5-12-7-8/h3,5,7,9H,2,4,6,10H2,1H3. The highest BCUT2D eigenvalue weighted by atomic mass is 32.1. The first-order chi connectivity index (χ1) is 5.84. The van der Waals surface area contributed by atoms with E-state index in [4.69, 9.17) is 10.5 Å². The van der Waals surface area contributed by atoms with Gasteiger partial charge in [0.25, 0.3) is 0 Å². The zero-order valence-electron chi connectivity index (χ0n) is 7.32. The smallest absolute Gasteiger partial charge is 0.0659 e. The first-order valence-corrected chi connectivity index (χ1v) is 5.14. The summed E-state index contributed by atoms with van der Waals surface area (Å²) in [5.74, 6) is 0. The molecular formula is C9H15NOS. The monoisotopic (exact) mass is 185 g/mol. The maximum absolute atomic E-state index is 5.86. The van der Waals surface area contributed by atoms with Crippen LogP contribution in [0.5, 0.6) is 0 Å². The van der Waals surface area contributed by atoms with Gasteiger partial charge in [0.2, 0.25) is 0 Å². The van der Waals surface area contributed by atoms with Crippen LogP contribution in [0.4, 0.5) is 0 Å². The summed E-state index contributed by atoms with van der Waals surface area (Å²) in [6.45, 7) is 3.53. The van der Waals surface area contributed by atoms with E-state index in [0.717, 1.165) is 13.0 Å². The fourth-order valence-electron chi connectivity index (χ4n) is 0.937. The molecule has 0 fully saturated rings.